The number of hydrogen-bond donors (Lipinski definition) is 2. The van der Waals surface area contributed by atoms with Gasteiger partial charge in [0.25, 0.3) is 0 Å². The van der Waals surface area contributed by atoms with Crippen LogP contribution in [0.25, 0.3) is 0 Å². The molecule has 2 N–H and O–H groups in total. The van der Waals surface area contributed by atoms with Crippen molar-refractivity contribution in [1.29, 1.82) is 0 Å². The fourth-order valence-electron chi connectivity index (χ4n) is 3.87. The molecule has 0 atom stereocenters. The fourth-order valence-corrected chi connectivity index (χ4v) is 4.68. The quantitative estimate of drug-likeness (QED) is 0.434. The normalized spacial score (nSPS) is 13.3. The van der Waals surface area contributed by atoms with Gasteiger partial charge in [-0.3, -0.25) is 4.79 Å². The van der Waals surface area contributed by atoms with Crippen LogP contribution in [0.5, 0.6) is 11.5 Å². The van der Waals surface area contributed by atoms with E-state index in [2.05, 4.69) is 41.5 Å². The fraction of sp³-hybridized carbons (Fsp3) is 0.552. The van der Waals surface area contributed by atoms with Crippen LogP contribution in [-0.4, -0.2) is 15.3 Å². The minimum atomic E-state index is -0.303. The summed E-state index contributed by atoms with van der Waals surface area (Å²) in [6.45, 7) is 24.6. The highest BCUT2D eigenvalue weighted by molar-refractivity contribution is 8.14. The van der Waals surface area contributed by atoms with E-state index in [0.717, 1.165) is 27.1 Å². The molecule has 0 heterocycles. The number of carbonyl (C=O) groups excluding carboxylic acids is 1. The highest BCUT2D eigenvalue weighted by atomic mass is 32.2. The average molecular weight is 471 g/mol. The smallest absolute Gasteiger partial charge is 0.224 e. The summed E-state index contributed by atoms with van der Waals surface area (Å²) in [7, 11) is 0. The summed E-state index contributed by atoms with van der Waals surface area (Å²) in [5.74, 6) is 0.577. The molecular weight excluding hydrogens is 428 g/mol. The molecule has 0 aliphatic carbocycles. The van der Waals surface area contributed by atoms with Gasteiger partial charge in [0.1, 0.15) is 11.5 Å². The Bertz CT molecular complexity index is 982. The SMILES string of the molecule is CC(C)(C)c1cc(SC(=O)c2cc(C(C)(C)C)c(O)c(C(C)(C)C)c2)cc(C(C)(C)C)c1O. The Labute approximate surface area is 205 Å². The summed E-state index contributed by atoms with van der Waals surface area (Å²) < 4.78 is 0. The molecule has 2 rings (SSSR count). The van der Waals surface area contributed by atoms with E-state index in [9.17, 15) is 15.0 Å². The minimum absolute atomic E-state index is 0.0728. The summed E-state index contributed by atoms with van der Waals surface area (Å²) in [5, 5.41) is 21.9. The number of phenolic OH excluding ortho intramolecular Hbond substituents is 2. The van der Waals surface area contributed by atoms with Gasteiger partial charge in [0.15, 0.2) is 0 Å². The van der Waals surface area contributed by atoms with Crippen molar-refractivity contribution in [2.75, 3.05) is 0 Å². The van der Waals surface area contributed by atoms with Gasteiger partial charge in [-0.15, -0.1) is 0 Å². The monoisotopic (exact) mass is 470 g/mol. The van der Waals surface area contributed by atoms with E-state index >= 15 is 0 Å². The van der Waals surface area contributed by atoms with E-state index in [0.29, 0.717) is 11.3 Å². The molecule has 182 valence electrons. The van der Waals surface area contributed by atoms with Gasteiger partial charge in [-0.2, -0.15) is 0 Å². The summed E-state index contributed by atoms with van der Waals surface area (Å²) in [6, 6.07) is 7.52. The second kappa shape index (κ2) is 8.69. The Balaban J connectivity index is 2.65. The van der Waals surface area contributed by atoms with Crippen LogP contribution < -0.4 is 0 Å². The van der Waals surface area contributed by atoms with Gasteiger partial charge in [0.05, 0.1) is 0 Å². The van der Waals surface area contributed by atoms with Crippen molar-refractivity contribution in [1.82, 2.24) is 0 Å². The number of benzene rings is 2. The lowest BCUT2D eigenvalue weighted by Crippen LogP contribution is -2.18. The van der Waals surface area contributed by atoms with Gasteiger partial charge < -0.3 is 10.2 Å². The minimum Gasteiger partial charge on any atom is -0.507 e. The van der Waals surface area contributed by atoms with Gasteiger partial charge in [-0.1, -0.05) is 83.1 Å². The zero-order chi connectivity index (χ0) is 25.7. The van der Waals surface area contributed by atoms with Crippen molar-refractivity contribution < 1.29 is 15.0 Å². The third-order valence-corrected chi connectivity index (χ3v) is 6.76. The number of aromatic hydroxyl groups is 2. The zero-order valence-corrected chi connectivity index (χ0v) is 23.3. The second-order valence-corrected chi connectivity index (χ2v) is 14.2. The van der Waals surface area contributed by atoms with Gasteiger partial charge in [0, 0.05) is 32.7 Å². The van der Waals surface area contributed by atoms with Crippen molar-refractivity contribution in [3.05, 3.63) is 52.1 Å². The third-order valence-electron chi connectivity index (χ3n) is 5.87. The van der Waals surface area contributed by atoms with Crippen molar-refractivity contribution in [2.45, 2.75) is 110 Å². The Hall–Kier alpha value is -1.94. The van der Waals surface area contributed by atoms with E-state index in [4.69, 9.17) is 0 Å². The van der Waals surface area contributed by atoms with E-state index < -0.39 is 0 Å². The van der Waals surface area contributed by atoms with Crippen LogP contribution in [0.1, 0.15) is 116 Å². The number of carbonyl (C=O) groups is 1. The van der Waals surface area contributed by atoms with Crippen LogP contribution in [-0.2, 0) is 21.7 Å². The van der Waals surface area contributed by atoms with Gasteiger partial charge >= 0.3 is 0 Å². The molecule has 0 spiro atoms. The molecule has 0 amide bonds. The standard InChI is InChI=1S/C29H42O3S/c1-26(2,3)19-13-17(14-20(23(19)30)27(4,5)6)25(32)33-18-15-21(28(7,8)9)24(31)22(16-18)29(10,11)12/h13-16,30-31H,1-12H3. The molecule has 0 aliphatic heterocycles. The molecule has 33 heavy (non-hydrogen) atoms. The van der Waals surface area contributed by atoms with Crippen molar-refractivity contribution in [2.24, 2.45) is 0 Å². The summed E-state index contributed by atoms with van der Waals surface area (Å²) in [6.07, 6.45) is 0. The number of hydrogen-bond acceptors (Lipinski definition) is 4. The lowest BCUT2D eigenvalue weighted by Gasteiger charge is -2.28. The van der Waals surface area contributed by atoms with E-state index in [1.165, 1.54) is 11.8 Å². The van der Waals surface area contributed by atoms with Crippen molar-refractivity contribution in [3.8, 4) is 11.5 Å². The zero-order valence-electron chi connectivity index (χ0n) is 22.5. The molecule has 4 heteroatoms. The summed E-state index contributed by atoms with van der Waals surface area (Å²) in [5.41, 5.74) is 2.66. The largest absolute Gasteiger partial charge is 0.507 e. The predicted molar refractivity (Wildman–Crippen MR) is 141 cm³/mol. The molecule has 2 aromatic carbocycles. The van der Waals surface area contributed by atoms with Gasteiger partial charge in [0.2, 0.25) is 5.12 Å². The molecule has 0 radical (unpaired) electrons. The maximum absolute atomic E-state index is 13.5. The maximum atomic E-state index is 13.5. The van der Waals surface area contributed by atoms with Crippen LogP contribution in [0.2, 0.25) is 0 Å². The van der Waals surface area contributed by atoms with Gasteiger partial charge in [-0.05, 0) is 57.7 Å². The first kappa shape index (κ1) is 27.3. The molecule has 2 aromatic rings. The average Bonchev–Trinajstić information content (AvgIpc) is 2.59. The van der Waals surface area contributed by atoms with E-state index in [-0.39, 0.29) is 32.5 Å². The predicted octanol–water partition coefficient (Wildman–Crippen LogP) is 8.22. The molecule has 0 aromatic heterocycles. The first-order chi connectivity index (χ1) is 14.6. The molecule has 0 aliphatic rings. The topological polar surface area (TPSA) is 57.5 Å². The lowest BCUT2D eigenvalue weighted by molar-refractivity contribution is 0.108. The van der Waals surface area contributed by atoms with E-state index in [1.807, 2.05) is 65.8 Å². The molecular formula is C29H42O3S. The molecule has 0 saturated heterocycles. The molecule has 0 saturated carbocycles. The number of rotatable bonds is 2. The molecule has 3 nitrogen and oxygen atoms in total. The second-order valence-electron chi connectivity index (χ2n) is 13.2. The number of thioether (sulfide) groups is 1. The summed E-state index contributed by atoms with van der Waals surface area (Å²) >= 11 is 1.18. The maximum Gasteiger partial charge on any atom is 0.224 e. The van der Waals surface area contributed by atoms with Crippen LogP contribution in [0, 0.1) is 0 Å². The Morgan fingerprint density at radius 3 is 1.12 bits per heavy atom. The van der Waals surface area contributed by atoms with Crippen LogP contribution in [0.15, 0.2) is 29.2 Å². The Kier molecular flexibility index (Phi) is 7.19. The highest BCUT2D eigenvalue weighted by Gasteiger charge is 2.30. The Morgan fingerprint density at radius 1 is 0.576 bits per heavy atom. The first-order valence-corrected chi connectivity index (χ1v) is 12.4. The molecule has 0 bridgehead atoms. The highest BCUT2D eigenvalue weighted by Crippen LogP contribution is 2.44. The summed E-state index contributed by atoms with van der Waals surface area (Å²) in [4.78, 5) is 14.3. The first-order valence-electron chi connectivity index (χ1n) is 11.6. The third kappa shape index (κ3) is 6.15. The van der Waals surface area contributed by atoms with Crippen LogP contribution >= 0.6 is 11.8 Å². The van der Waals surface area contributed by atoms with Crippen LogP contribution in [0.3, 0.4) is 0 Å². The van der Waals surface area contributed by atoms with Gasteiger partial charge in [-0.25, -0.2) is 0 Å². The van der Waals surface area contributed by atoms with Crippen molar-refractivity contribution in [3.63, 3.8) is 0 Å². The van der Waals surface area contributed by atoms with E-state index in [1.54, 1.807) is 0 Å². The van der Waals surface area contributed by atoms with Crippen LogP contribution in [0.4, 0.5) is 0 Å². The Morgan fingerprint density at radius 2 is 0.848 bits per heavy atom. The lowest BCUT2D eigenvalue weighted by atomic mass is 9.78. The van der Waals surface area contributed by atoms with Crippen molar-refractivity contribution >= 4 is 16.9 Å². The molecule has 0 unspecified atom stereocenters. The molecule has 0 fully saturated rings. The number of phenols is 2.